The highest BCUT2D eigenvalue weighted by Crippen LogP contribution is 2.29. The third kappa shape index (κ3) is 2.63. The lowest BCUT2D eigenvalue weighted by molar-refractivity contribution is 0.404. The number of benzene rings is 1. The van der Waals surface area contributed by atoms with Gasteiger partial charge in [-0.3, -0.25) is 0 Å². The maximum atomic E-state index is 5.36. The van der Waals surface area contributed by atoms with Crippen LogP contribution in [0.2, 0.25) is 0 Å². The van der Waals surface area contributed by atoms with Crippen LogP contribution >= 0.6 is 0 Å². The monoisotopic (exact) mass is 283 g/mol. The molecule has 0 amide bonds. The lowest BCUT2D eigenvalue weighted by atomic mass is 10.2. The van der Waals surface area contributed by atoms with Crippen LogP contribution in [0.1, 0.15) is 5.56 Å². The van der Waals surface area contributed by atoms with Gasteiger partial charge in [-0.05, 0) is 29.8 Å². The number of H-pyrrole nitrogens is 1. The summed E-state index contributed by atoms with van der Waals surface area (Å²) in [6.07, 6.45) is 3.75. The minimum Gasteiger partial charge on any atom is -0.497 e. The maximum Gasteiger partial charge on any atom is 0.142 e. The Morgan fingerprint density at radius 3 is 2.90 bits per heavy atom. The predicted octanol–water partition coefficient (Wildman–Crippen LogP) is 3.19. The van der Waals surface area contributed by atoms with Gasteiger partial charge >= 0.3 is 0 Å². The van der Waals surface area contributed by atoms with Crippen LogP contribution in [0.25, 0.3) is 11.0 Å². The first kappa shape index (κ1) is 13.3. The number of aromatic nitrogens is 2. The average molecular weight is 283 g/mol. The highest BCUT2D eigenvalue weighted by Gasteiger charge is 2.07. The van der Waals surface area contributed by atoms with E-state index in [-0.39, 0.29) is 0 Å². The van der Waals surface area contributed by atoms with E-state index < -0.39 is 0 Å². The first-order valence-electron chi connectivity index (χ1n) is 6.68. The molecule has 0 aliphatic heterocycles. The summed E-state index contributed by atoms with van der Waals surface area (Å²) in [5, 5.41) is 4.50. The van der Waals surface area contributed by atoms with E-state index in [1.807, 2.05) is 30.5 Å². The maximum absolute atomic E-state index is 5.36. The molecule has 0 saturated carbocycles. The molecule has 0 radical (unpaired) electrons. The molecule has 0 aliphatic rings. The lowest BCUT2D eigenvalue weighted by Gasteiger charge is -2.12. The molecule has 21 heavy (non-hydrogen) atoms. The molecule has 1 aromatic carbocycles. The molecule has 3 rings (SSSR count). The van der Waals surface area contributed by atoms with Gasteiger partial charge in [0.2, 0.25) is 0 Å². The molecule has 0 unspecified atom stereocenters. The molecule has 2 N–H and O–H groups in total. The van der Waals surface area contributed by atoms with Crippen LogP contribution < -0.4 is 14.8 Å². The molecule has 0 atom stereocenters. The van der Waals surface area contributed by atoms with Crippen molar-refractivity contribution in [1.82, 2.24) is 9.97 Å². The average Bonchev–Trinajstić information content (AvgIpc) is 2.96. The third-order valence-corrected chi connectivity index (χ3v) is 3.41. The number of fused-ring (bicyclic) bond motifs is 1. The van der Waals surface area contributed by atoms with Crippen LogP contribution in [0, 0.1) is 0 Å². The second kappa shape index (κ2) is 5.75. The van der Waals surface area contributed by atoms with Crippen molar-refractivity contribution < 1.29 is 9.47 Å². The highest BCUT2D eigenvalue weighted by atomic mass is 16.5. The Kier molecular flexibility index (Phi) is 3.64. The molecule has 0 fully saturated rings. The van der Waals surface area contributed by atoms with E-state index in [2.05, 4.69) is 21.4 Å². The Bertz CT molecular complexity index is 752. The Labute approximate surface area is 122 Å². The fourth-order valence-electron chi connectivity index (χ4n) is 2.30. The molecule has 0 bridgehead atoms. The van der Waals surface area contributed by atoms with Gasteiger partial charge in [-0.15, -0.1) is 0 Å². The molecule has 0 spiro atoms. The summed E-state index contributed by atoms with van der Waals surface area (Å²) in [6.45, 7) is 0.676. The largest absolute Gasteiger partial charge is 0.497 e. The van der Waals surface area contributed by atoms with E-state index in [1.165, 1.54) is 0 Å². The number of nitrogens with zero attached hydrogens (tertiary/aromatic N) is 1. The number of hydrogen-bond acceptors (Lipinski definition) is 4. The Morgan fingerprint density at radius 1 is 1.19 bits per heavy atom. The van der Waals surface area contributed by atoms with E-state index in [0.29, 0.717) is 6.54 Å². The summed E-state index contributed by atoms with van der Waals surface area (Å²) in [7, 11) is 3.31. The summed E-state index contributed by atoms with van der Waals surface area (Å²) in [4.78, 5) is 7.46. The molecule has 2 aromatic heterocycles. The number of rotatable bonds is 5. The lowest BCUT2D eigenvalue weighted by Crippen LogP contribution is -2.01. The van der Waals surface area contributed by atoms with Crippen molar-refractivity contribution in [3.63, 3.8) is 0 Å². The van der Waals surface area contributed by atoms with Crippen molar-refractivity contribution in [2.24, 2.45) is 0 Å². The number of aromatic amines is 1. The first-order chi connectivity index (χ1) is 10.3. The quantitative estimate of drug-likeness (QED) is 0.755. The molecule has 108 valence electrons. The Hall–Kier alpha value is -2.69. The van der Waals surface area contributed by atoms with Gasteiger partial charge in [-0.1, -0.05) is 0 Å². The normalized spacial score (nSPS) is 10.6. The minimum absolute atomic E-state index is 0.676. The summed E-state index contributed by atoms with van der Waals surface area (Å²) in [6, 6.07) is 9.67. The number of pyridine rings is 1. The molecule has 5 nitrogen and oxygen atoms in total. The molecular weight excluding hydrogens is 266 g/mol. The number of hydrogen-bond donors (Lipinski definition) is 2. The summed E-state index contributed by atoms with van der Waals surface area (Å²) in [5.74, 6) is 1.58. The van der Waals surface area contributed by atoms with E-state index in [9.17, 15) is 0 Å². The van der Waals surface area contributed by atoms with Crippen molar-refractivity contribution in [3.8, 4) is 11.5 Å². The van der Waals surface area contributed by atoms with E-state index in [1.54, 1.807) is 20.4 Å². The van der Waals surface area contributed by atoms with Crippen molar-refractivity contribution in [3.05, 3.63) is 48.3 Å². The molecule has 0 saturated heterocycles. The molecule has 3 aromatic rings. The van der Waals surface area contributed by atoms with Gasteiger partial charge in [0.15, 0.2) is 0 Å². The molecule has 2 heterocycles. The Morgan fingerprint density at radius 2 is 2.10 bits per heavy atom. The summed E-state index contributed by atoms with van der Waals surface area (Å²) >= 11 is 0. The predicted molar refractivity (Wildman–Crippen MR) is 83.0 cm³/mol. The van der Waals surface area contributed by atoms with Crippen molar-refractivity contribution in [2.45, 2.75) is 6.54 Å². The molecule has 0 aliphatic carbocycles. The van der Waals surface area contributed by atoms with E-state index >= 15 is 0 Å². The zero-order valence-corrected chi connectivity index (χ0v) is 12.0. The van der Waals surface area contributed by atoms with Gasteiger partial charge in [0.05, 0.1) is 19.9 Å². The second-order valence-electron chi connectivity index (χ2n) is 4.63. The van der Waals surface area contributed by atoms with Crippen molar-refractivity contribution >= 4 is 16.7 Å². The zero-order chi connectivity index (χ0) is 14.7. The highest BCUT2D eigenvalue weighted by molar-refractivity contribution is 5.79. The van der Waals surface area contributed by atoms with E-state index in [0.717, 1.165) is 33.8 Å². The van der Waals surface area contributed by atoms with Gasteiger partial charge in [-0.2, -0.15) is 0 Å². The second-order valence-corrected chi connectivity index (χ2v) is 4.63. The molecule has 5 heteroatoms. The van der Waals surface area contributed by atoms with Crippen LogP contribution in [0.5, 0.6) is 11.5 Å². The topological polar surface area (TPSA) is 59.2 Å². The Balaban J connectivity index is 1.84. The first-order valence-corrected chi connectivity index (χ1v) is 6.68. The number of anilines is 1. The molecular formula is C16H17N3O2. The van der Waals surface area contributed by atoms with Crippen LogP contribution in [-0.2, 0) is 6.54 Å². The van der Waals surface area contributed by atoms with Crippen LogP contribution in [0.3, 0.4) is 0 Å². The van der Waals surface area contributed by atoms with Gasteiger partial charge in [0.25, 0.3) is 0 Å². The number of methoxy groups -OCH3 is 2. The van der Waals surface area contributed by atoms with Crippen LogP contribution in [-0.4, -0.2) is 24.2 Å². The van der Waals surface area contributed by atoms with Crippen LogP contribution in [0.15, 0.2) is 42.7 Å². The number of ether oxygens (including phenoxy) is 2. The van der Waals surface area contributed by atoms with Gasteiger partial charge < -0.3 is 19.8 Å². The minimum atomic E-state index is 0.676. The zero-order valence-electron chi connectivity index (χ0n) is 12.0. The summed E-state index contributed by atoms with van der Waals surface area (Å²) < 4.78 is 10.6. The fraction of sp³-hybridized carbons (Fsp3) is 0.188. The van der Waals surface area contributed by atoms with Crippen LogP contribution in [0.4, 0.5) is 5.69 Å². The van der Waals surface area contributed by atoms with Crippen molar-refractivity contribution in [2.75, 3.05) is 19.5 Å². The summed E-state index contributed by atoms with van der Waals surface area (Å²) in [5.41, 5.74) is 2.95. The fourth-order valence-corrected chi connectivity index (χ4v) is 2.30. The smallest absolute Gasteiger partial charge is 0.142 e. The van der Waals surface area contributed by atoms with Gasteiger partial charge in [0.1, 0.15) is 17.1 Å². The SMILES string of the molecule is COc1ccc(OC)c(NCc2c[nH]c3ncccc23)c1. The standard InChI is InChI=1S/C16H17N3O2/c1-20-12-5-6-15(21-2)14(8-12)18-9-11-10-19-16-13(11)4-3-7-17-16/h3-8,10,18H,9H2,1-2H3,(H,17,19). The third-order valence-electron chi connectivity index (χ3n) is 3.41. The van der Waals surface area contributed by atoms with Gasteiger partial charge in [0, 0.05) is 30.4 Å². The van der Waals surface area contributed by atoms with Gasteiger partial charge in [-0.25, -0.2) is 4.98 Å². The number of nitrogens with one attached hydrogen (secondary N) is 2. The van der Waals surface area contributed by atoms with E-state index in [4.69, 9.17) is 9.47 Å². The van der Waals surface area contributed by atoms with Crippen molar-refractivity contribution in [1.29, 1.82) is 0 Å².